The fourth-order valence-electron chi connectivity index (χ4n) is 3.18. The predicted molar refractivity (Wildman–Crippen MR) is 98.5 cm³/mol. The summed E-state index contributed by atoms with van der Waals surface area (Å²) in [5.74, 6) is -0.265. The number of carbonyl (C=O) groups is 2. The van der Waals surface area contributed by atoms with Crippen LogP contribution in [0.15, 0.2) is 24.3 Å². The third kappa shape index (κ3) is 4.72. The molecule has 3 rings (SSSR count). The Morgan fingerprint density at radius 2 is 1.92 bits per heavy atom. The number of nitrogens with one attached hydrogen (secondary N) is 2. The molecule has 0 aromatic heterocycles. The molecule has 0 bridgehead atoms. The van der Waals surface area contributed by atoms with Crippen LogP contribution in [-0.4, -0.2) is 49.1 Å². The molecule has 1 aromatic carbocycles. The molecule has 1 aromatic rings. The Balaban J connectivity index is 1.58. The van der Waals surface area contributed by atoms with Crippen LogP contribution in [0, 0.1) is 0 Å². The highest BCUT2D eigenvalue weighted by Crippen LogP contribution is 2.25. The molecule has 2 aliphatic rings. The quantitative estimate of drug-likeness (QED) is 0.829. The molecule has 1 heterocycles. The first kappa shape index (κ1) is 17.7. The molecule has 0 spiro atoms. The first-order valence-electron chi connectivity index (χ1n) is 9.19. The Bertz CT molecular complexity index is 624. The number of hydrogen-bond acceptors (Lipinski definition) is 4. The molecule has 136 valence electrons. The highest BCUT2D eigenvalue weighted by Gasteiger charge is 2.26. The molecule has 1 atom stereocenters. The maximum Gasteiger partial charge on any atom is 0.321 e. The van der Waals surface area contributed by atoms with E-state index >= 15 is 0 Å². The van der Waals surface area contributed by atoms with Crippen LogP contribution in [0.5, 0.6) is 0 Å². The summed E-state index contributed by atoms with van der Waals surface area (Å²) in [4.78, 5) is 28.4. The van der Waals surface area contributed by atoms with Gasteiger partial charge in [-0.3, -0.25) is 15.0 Å². The molecule has 2 fully saturated rings. The summed E-state index contributed by atoms with van der Waals surface area (Å²) in [6.07, 6.45) is 4.48. The van der Waals surface area contributed by atoms with Crippen LogP contribution >= 0.6 is 0 Å². The van der Waals surface area contributed by atoms with Crippen molar-refractivity contribution < 1.29 is 9.59 Å². The summed E-state index contributed by atoms with van der Waals surface area (Å²) in [5.41, 5.74) is 2.47. The minimum Gasteiger partial charge on any atom is -0.371 e. The number of para-hydroxylation sites is 1. The maximum absolute atomic E-state index is 12.3. The molecule has 1 saturated heterocycles. The van der Waals surface area contributed by atoms with E-state index in [1.165, 1.54) is 24.1 Å². The summed E-state index contributed by atoms with van der Waals surface area (Å²) in [5, 5.41) is 5.22. The number of hydrogen-bond donors (Lipinski definition) is 2. The lowest BCUT2D eigenvalue weighted by atomic mass is 10.1. The molecular formula is C19H28N4O2. The van der Waals surface area contributed by atoms with Crippen molar-refractivity contribution in [1.29, 1.82) is 0 Å². The van der Waals surface area contributed by atoms with Gasteiger partial charge in [0.2, 0.25) is 5.91 Å². The number of carbonyl (C=O) groups excluding carboxylic acids is 2. The van der Waals surface area contributed by atoms with Crippen LogP contribution in [-0.2, 0) is 11.3 Å². The third-order valence-electron chi connectivity index (χ3n) is 5.05. The second-order valence-corrected chi connectivity index (χ2v) is 7.15. The van der Waals surface area contributed by atoms with Gasteiger partial charge in [0.15, 0.2) is 0 Å². The van der Waals surface area contributed by atoms with Crippen molar-refractivity contribution in [2.24, 2.45) is 0 Å². The Morgan fingerprint density at radius 3 is 2.60 bits per heavy atom. The summed E-state index contributed by atoms with van der Waals surface area (Å²) < 4.78 is 0. The highest BCUT2D eigenvalue weighted by molar-refractivity contribution is 5.96. The van der Waals surface area contributed by atoms with Gasteiger partial charge in [0.25, 0.3) is 0 Å². The molecule has 0 radical (unpaired) electrons. The van der Waals surface area contributed by atoms with Crippen molar-refractivity contribution >= 4 is 17.6 Å². The molecule has 1 aliphatic heterocycles. The van der Waals surface area contributed by atoms with Crippen molar-refractivity contribution in [1.82, 2.24) is 15.5 Å². The van der Waals surface area contributed by atoms with Crippen molar-refractivity contribution in [2.45, 2.75) is 51.2 Å². The zero-order valence-corrected chi connectivity index (χ0v) is 15.1. The standard InChI is InChI=1S/C19H28N4O2/c1-14(18(24)21-19(25)20-16-9-10-16)22(2)13-15-7-3-4-8-17(15)23-11-5-6-12-23/h3-4,7-8,14,16H,5-6,9-13H2,1-2H3,(H2,20,21,24,25)/t14-/m1/s1. The molecular weight excluding hydrogens is 316 g/mol. The van der Waals surface area contributed by atoms with Crippen LogP contribution in [0.3, 0.4) is 0 Å². The van der Waals surface area contributed by atoms with Gasteiger partial charge in [-0.2, -0.15) is 0 Å². The zero-order chi connectivity index (χ0) is 17.8. The fourth-order valence-corrected chi connectivity index (χ4v) is 3.18. The molecule has 6 nitrogen and oxygen atoms in total. The van der Waals surface area contributed by atoms with Crippen LogP contribution in [0.2, 0.25) is 0 Å². The largest absolute Gasteiger partial charge is 0.371 e. The smallest absolute Gasteiger partial charge is 0.321 e. The van der Waals surface area contributed by atoms with E-state index in [1.54, 1.807) is 0 Å². The van der Waals surface area contributed by atoms with Gasteiger partial charge in [-0.15, -0.1) is 0 Å². The first-order valence-corrected chi connectivity index (χ1v) is 9.19. The van der Waals surface area contributed by atoms with Crippen molar-refractivity contribution in [3.05, 3.63) is 29.8 Å². The normalized spacial score (nSPS) is 18.3. The van der Waals surface area contributed by atoms with Crippen LogP contribution < -0.4 is 15.5 Å². The van der Waals surface area contributed by atoms with Crippen molar-refractivity contribution in [2.75, 3.05) is 25.0 Å². The third-order valence-corrected chi connectivity index (χ3v) is 5.05. The fraction of sp³-hybridized carbons (Fsp3) is 0.579. The van der Waals surface area contributed by atoms with Crippen LogP contribution in [0.1, 0.15) is 38.2 Å². The van der Waals surface area contributed by atoms with Gasteiger partial charge in [0.1, 0.15) is 0 Å². The minimum atomic E-state index is -0.384. The molecule has 1 saturated carbocycles. The lowest BCUT2D eigenvalue weighted by molar-refractivity contribution is -0.124. The number of imide groups is 1. The lowest BCUT2D eigenvalue weighted by Crippen LogP contribution is -2.48. The van der Waals surface area contributed by atoms with E-state index in [0.717, 1.165) is 25.9 Å². The van der Waals surface area contributed by atoms with Crippen LogP contribution in [0.25, 0.3) is 0 Å². The number of anilines is 1. The molecule has 1 aliphatic carbocycles. The van der Waals surface area contributed by atoms with Gasteiger partial charge in [-0.05, 0) is 51.3 Å². The molecule has 0 unspecified atom stereocenters. The van der Waals surface area contributed by atoms with E-state index < -0.39 is 0 Å². The predicted octanol–water partition coefficient (Wildman–Crippen LogP) is 2.10. The molecule has 3 amide bonds. The van der Waals surface area contributed by atoms with Crippen molar-refractivity contribution in [3.8, 4) is 0 Å². The van der Waals surface area contributed by atoms with E-state index in [-0.39, 0.29) is 24.0 Å². The summed E-state index contributed by atoms with van der Waals surface area (Å²) in [6.45, 7) is 4.69. The lowest BCUT2D eigenvalue weighted by Gasteiger charge is -2.27. The Kier molecular flexibility index (Phi) is 5.58. The van der Waals surface area contributed by atoms with Gasteiger partial charge < -0.3 is 10.2 Å². The topological polar surface area (TPSA) is 64.7 Å². The van der Waals surface area contributed by atoms with E-state index in [1.807, 2.05) is 24.9 Å². The first-order chi connectivity index (χ1) is 12.0. The van der Waals surface area contributed by atoms with E-state index in [9.17, 15) is 9.59 Å². The number of benzene rings is 1. The molecule has 2 N–H and O–H groups in total. The summed E-state index contributed by atoms with van der Waals surface area (Å²) >= 11 is 0. The number of rotatable bonds is 6. The number of urea groups is 1. The number of nitrogens with zero attached hydrogens (tertiary/aromatic N) is 2. The Morgan fingerprint density at radius 1 is 1.24 bits per heavy atom. The van der Waals surface area contributed by atoms with E-state index in [4.69, 9.17) is 0 Å². The Hall–Kier alpha value is -2.08. The van der Waals surface area contributed by atoms with Gasteiger partial charge in [-0.1, -0.05) is 18.2 Å². The monoisotopic (exact) mass is 344 g/mol. The van der Waals surface area contributed by atoms with Gasteiger partial charge in [0.05, 0.1) is 6.04 Å². The maximum atomic E-state index is 12.3. The highest BCUT2D eigenvalue weighted by atomic mass is 16.2. The van der Waals surface area contributed by atoms with Gasteiger partial charge >= 0.3 is 6.03 Å². The number of likely N-dealkylation sites (N-methyl/N-ethyl adjacent to an activating group) is 1. The SMILES string of the molecule is C[C@H](C(=O)NC(=O)NC1CC1)N(C)Cc1ccccc1N1CCCC1. The summed E-state index contributed by atoms with van der Waals surface area (Å²) in [7, 11) is 1.92. The van der Waals surface area contributed by atoms with E-state index in [2.05, 4.69) is 33.7 Å². The average Bonchev–Trinajstić information content (AvgIpc) is 3.23. The molecule has 6 heteroatoms. The van der Waals surface area contributed by atoms with Crippen molar-refractivity contribution in [3.63, 3.8) is 0 Å². The minimum absolute atomic E-state index is 0.244. The second-order valence-electron chi connectivity index (χ2n) is 7.15. The molecule has 25 heavy (non-hydrogen) atoms. The second kappa shape index (κ2) is 7.87. The summed E-state index contributed by atoms with van der Waals surface area (Å²) in [6, 6.07) is 7.86. The zero-order valence-electron chi connectivity index (χ0n) is 15.1. The Labute approximate surface area is 149 Å². The number of amides is 3. The van der Waals surface area contributed by atoms with Gasteiger partial charge in [0, 0.05) is 31.4 Å². The average molecular weight is 344 g/mol. The van der Waals surface area contributed by atoms with Gasteiger partial charge in [-0.25, -0.2) is 4.79 Å². The van der Waals surface area contributed by atoms with E-state index in [0.29, 0.717) is 6.54 Å². The van der Waals surface area contributed by atoms with Crippen LogP contribution in [0.4, 0.5) is 10.5 Å².